The fourth-order valence-corrected chi connectivity index (χ4v) is 2.18. The summed E-state index contributed by atoms with van der Waals surface area (Å²) in [5, 5.41) is 2.92. The van der Waals surface area contributed by atoms with Crippen LogP contribution in [0.25, 0.3) is 5.78 Å². The Hall–Kier alpha value is -2.63. The number of hydrogen-bond donors (Lipinski definition) is 1. The summed E-state index contributed by atoms with van der Waals surface area (Å²) in [6.07, 6.45) is 1.71. The van der Waals surface area contributed by atoms with E-state index in [1.54, 1.807) is 0 Å². The van der Waals surface area contributed by atoms with E-state index in [4.69, 9.17) is 4.74 Å². The van der Waals surface area contributed by atoms with Crippen LogP contribution in [0.1, 0.15) is 30.9 Å². The van der Waals surface area contributed by atoms with Crippen molar-refractivity contribution in [1.82, 2.24) is 19.6 Å². The maximum atomic E-state index is 12.0. The summed E-state index contributed by atoms with van der Waals surface area (Å²) in [4.78, 5) is 20.6. The topological polar surface area (TPSA) is 72.3 Å². The molecule has 2 aromatic heterocycles. The molecule has 22 heavy (non-hydrogen) atoms. The fraction of sp³-hybridized carbons (Fsp3) is 0.312. The Bertz CT molecular complexity index is 833. The van der Waals surface area contributed by atoms with Crippen molar-refractivity contribution in [3.63, 3.8) is 0 Å². The van der Waals surface area contributed by atoms with Gasteiger partial charge in [0, 0.05) is 12.5 Å². The highest BCUT2D eigenvalue weighted by atomic mass is 16.5. The normalized spacial score (nSPS) is 11.0. The number of aromatic amines is 1. The lowest BCUT2D eigenvalue weighted by Crippen LogP contribution is -2.16. The highest BCUT2D eigenvalue weighted by molar-refractivity contribution is 5.29. The SMILES string of the molecule is CCc1ccc(OCc2cc(=O)n3[nH]c(CC)nc3n2)cc1. The number of benzene rings is 1. The molecule has 0 saturated carbocycles. The first-order valence-electron chi connectivity index (χ1n) is 7.39. The Labute approximate surface area is 127 Å². The van der Waals surface area contributed by atoms with E-state index in [0.29, 0.717) is 11.5 Å². The summed E-state index contributed by atoms with van der Waals surface area (Å²) in [6.45, 7) is 4.31. The van der Waals surface area contributed by atoms with Gasteiger partial charge in [0.2, 0.25) is 0 Å². The Morgan fingerprint density at radius 2 is 1.91 bits per heavy atom. The minimum atomic E-state index is -0.183. The number of aromatic nitrogens is 4. The van der Waals surface area contributed by atoms with Gasteiger partial charge in [-0.3, -0.25) is 9.89 Å². The molecule has 0 spiro atoms. The van der Waals surface area contributed by atoms with Gasteiger partial charge in [0.25, 0.3) is 11.3 Å². The average Bonchev–Trinajstić information content (AvgIpc) is 2.97. The maximum Gasteiger partial charge on any atom is 0.274 e. The molecule has 2 heterocycles. The van der Waals surface area contributed by atoms with E-state index >= 15 is 0 Å². The predicted molar refractivity (Wildman–Crippen MR) is 83.1 cm³/mol. The van der Waals surface area contributed by atoms with E-state index in [1.165, 1.54) is 16.1 Å². The molecule has 1 N–H and O–H groups in total. The number of nitrogens with zero attached hydrogens (tertiary/aromatic N) is 3. The molecule has 0 fully saturated rings. The molecule has 3 aromatic rings. The summed E-state index contributed by atoms with van der Waals surface area (Å²) >= 11 is 0. The monoisotopic (exact) mass is 298 g/mol. The second-order valence-corrected chi connectivity index (χ2v) is 5.03. The lowest BCUT2D eigenvalue weighted by molar-refractivity contribution is 0.301. The van der Waals surface area contributed by atoms with E-state index in [1.807, 2.05) is 31.2 Å². The van der Waals surface area contributed by atoms with E-state index in [0.717, 1.165) is 24.4 Å². The van der Waals surface area contributed by atoms with Gasteiger partial charge in [-0.05, 0) is 24.1 Å². The van der Waals surface area contributed by atoms with Crippen LogP contribution in [-0.4, -0.2) is 19.6 Å². The number of nitrogens with one attached hydrogen (secondary N) is 1. The molecular weight excluding hydrogens is 280 g/mol. The third-order valence-electron chi connectivity index (χ3n) is 3.48. The van der Waals surface area contributed by atoms with Gasteiger partial charge in [0.15, 0.2) is 0 Å². The average molecular weight is 298 g/mol. The van der Waals surface area contributed by atoms with Crippen molar-refractivity contribution in [2.75, 3.05) is 0 Å². The van der Waals surface area contributed by atoms with Gasteiger partial charge in [-0.25, -0.2) is 4.98 Å². The molecule has 0 saturated heterocycles. The molecular formula is C16H18N4O2. The van der Waals surface area contributed by atoms with Crippen LogP contribution < -0.4 is 10.3 Å². The molecule has 0 amide bonds. The third-order valence-corrected chi connectivity index (χ3v) is 3.48. The second kappa shape index (κ2) is 6.01. The van der Waals surface area contributed by atoms with Crippen LogP contribution in [0.2, 0.25) is 0 Å². The molecule has 0 aliphatic carbocycles. The zero-order valence-corrected chi connectivity index (χ0v) is 12.7. The molecule has 1 aromatic carbocycles. The Kier molecular flexibility index (Phi) is 3.91. The van der Waals surface area contributed by atoms with Gasteiger partial charge in [0.05, 0.1) is 5.69 Å². The zero-order chi connectivity index (χ0) is 15.5. The number of ether oxygens (including phenoxy) is 1. The standard InChI is InChI=1S/C16H18N4O2/c1-3-11-5-7-13(8-6-11)22-10-12-9-15(21)20-16(17-12)18-14(4-2)19-20/h5-9H,3-4,10H2,1-2H3,(H,17,18,19). The third kappa shape index (κ3) is 2.86. The largest absolute Gasteiger partial charge is 0.487 e. The first-order chi connectivity index (χ1) is 10.7. The van der Waals surface area contributed by atoms with E-state index in [-0.39, 0.29) is 12.2 Å². The molecule has 0 unspecified atom stereocenters. The molecule has 3 rings (SSSR count). The molecule has 0 bridgehead atoms. The van der Waals surface area contributed by atoms with Crippen molar-refractivity contribution in [2.24, 2.45) is 0 Å². The summed E-state index contributed by atoms with van der Waals surface area (Å²) < 4.78 is 7.03. The molecule has 0 radical (unpaired) electrons. The van der Waals surface area contributed by atoms with E-state index in [9.17, 15) is 4.79 Å². The summed E-state index contributed by atoms with van der Waals surface area (Å²) in [6, 6.07) is 9.37. The number of fused-ring (bicyclic) bond motifs is 1. The van der Waals surface area contributed by atoms with Crippen molar-refractivity contribution in [3.05, 3.63) is 57.8 Å². The molecule has 6 heteroatoms. The molecule has 0 aliphatic rings. The second-order valence-electron chi connectivity index (χ2n) is 5.03. The molecule has 6 nitrogen and oxygen atoms in total. The highest BCUT2D eigenvalue weighted by Gasteiger charge is 2.07. The van der Waals surface area contributed by atoms with Crippen LogP contribution in [0.15, 0.2) is 35.1 Å². The fourth-order valence-electron chi connectivity index (χ4n) is 2.18. The van der Waals surface area contributed by atoms with Crippen molar-refractivity contribution >= 4 is 5.78 Å². The smallest absolute Gasteiger partial charge is 0.274 e. The Morgan fingerprint density at radius 3 is 2.59 bits per heavy atom. The van der Waals surface area contributed by atoms with Gasteiger partial charge in [-0.1, -0.05) is 26.0 Å². The quantitative estimate of drug-likeness (QED) is 0.783. The molecule has 0 atom stereocenters. The molecule has 114 valence electrons. The van der Waals surface area contributed by atoms with Crippen LogP contribution in [0.4, 0.5) is 0 Å². The minimum Gasteiger partial charge on any atom is -0.487 e. The predicted octanol–water partition coefficient (Wildman–Crippen LogP) is 2.12. The summed E-state index contributed by atoms with van der Waals surface area (Å²) in [7, 11) is 0. The Balaban J connectivity index is 1.79. The number of H-pyrrole nitrogens is 1. The van der Waals surface area contributed by atoms with Crippen molar-refractivity contribution in [2.45, 2.75) is 33.3 Å². The lowest BCUT2D eigenvalue weighted by Gasteiger charge is -2.06. The summed E-state index contributed by atoms with van der Waals surface area (Å²) in [5.41, 5.74) is 1.64. The van der Waals surface area contributed by atoms with Crippen molar-refractivity contribution in [3.8, 4) is 5.75 Å². The van der Waals surface area contributed by atoms with Crippen LogP contribution in [-0.2, 0) is 19.4 Å². The van der Waals surface area contributed by atoms with Crippen LogP contribution in [0.5, 0.6) is 5.75 Å². The molecule has 0 aliphatic heterocycles. The minimum absolute atomic E-state index is 0.183. The van der Waals surface area contributed by atoms with Crippen molar-refractivity contribution in [1.29, 1.82) is 0 Å². The maximum absolute atomic E-state index is 12.0. The van der Waals surface area contributed by atoms with Crippen LogP contribution in [0.3, 0.4) is 0 Å². The van der Waals surface area contributed by atoms with Gasteiger partial charge >= 0.3 is 0 Å². The van der Waals surface area contributed by atoms with Gasteiger partial charge in [-0.15, -0.1) is 0 Å². The first kappa shape index (κ1) is 14.3. The Morgan fingerprint density at radius 1 is 1.14 bits per heavy atom. The van der Waals surface area contributed by atoms with Crippen LogP contribution >= 0.6 is 0 Å². The number of rotatable bonds is 5. The van der Waals surface area contributed by atoms with E-state index in [2.05, 4.69) is 22.0 Å². The van der Waals surface area contributed by atoms with E-state index < -0.39 is 0 Å². The van der Waals surface area contributed by atoms with Gasteiger partial charge in [0.1, 0.15) is 18.2 Å². The summed E-state index contributed by atoms with van der Waals surface area (Å²) in [5.74, 6) is 1.87. The first-order valence-corrected chi connectivity index (χ1v) is 7.39. The zero-order valence-electron chi connectivity index (χ0n) is 12.7. The number of aryl methyl sites for hydroxylation is 2. The van der Waals surface area contributed by atoms with Gasteiger partial charge < -0.3 is 4.74 Å². The lowest BCUT2D eigenvalue weighted by atomic mass is 10.2. The van der Waals surface area contributed by atoms with Crippen molar-refractivity contribution < 1.29 is 4.74 Å². The number of hydrogen-bond acceptors (Lipinski definition) is 4. The van der Waals surface area contributed by atoms with Crippen LogP contribution in [0, 0.1) is 0 Å². The highest BCUT2D eigenvalue weighted by Crippen LogP contribution is 2.13. The van der Waals surface area contributed by atoms with Gasteiger partial charge in [-0.2, -0.15) is 9.50 Å².